The first-order valence-corrected chi connectivity index (χ1v) is 9.47. The molecule has 30 heavy (non-hydrogen) atoms. The van der Waals surface area contributed by atoms with Crippen LogP contribution in [0.3, 0.4) is 0 Å². The molecule has 160 valence electrons. The van der Waals surface area contributed by atoms with Crippen LogP contribution in [0.2, 0.25) is 0 Å². The van der Waals surface area contributed by atoms with Crippen LogP contribution in [0.15, 0.2) is 48.5 Å². The number of carbonyl (C=O) groups excluding carboxylic acids is 3. The van der Waals surface area contributed by atoms with Crippen LogP contribution in [-0.2, 0) is 25.5 Å². The van der Waals surface area contributed by atoms with Crippen molar-refractivity contribution in [1.82, 2.24) is 4.90 Å². The van der Waals surface area contributed by atoms with Crippen LogP contribution in [0.5, 0.6) is 11.5 Å². The van der Waals surface area contributed by atoms with Gasteiger partial charge in [0.2, 0.25) is 5.91 Å². The molecule has 0 aliphatic rings. The average Bonchev–Trinajstić information content (AvgIpc) is 2.76. The van der Waals surface area contributed by atoms with E-state index in [-0.39, 0.29) is 19.1 Å². The summed E-state index contributed by atoms with van der Waals surface area (Å²) in [5, 5.41) is 2.68. The van der Waals surface area contributed by atoms with E-state index >= 15 is 0 Å². The predicted molar refractivity (Wildman–Crippen MR) is 112 cm³/mol. The van der Waals surface area contributed by atoms with Gasteiger partial charge in [0, 0.05) is 18.8 Å². The van der Waals surface area contributed by atoms with E-state index in [1.54, 1.807) is 30.3 Å². The van der Waals surface area contributed by atoms with E-state index in [0.29, 0.717) is 17.2 Å². The summed E-state index contributed by atoms with van der Waals surface area (Å²) in [6.07, 6.45) is 0.770. The van der Waals surface area contributed by atoms with Gasteiger partial charge in [-0.2, -0.15) is 0 Å². The number of methoxy groups -OCH3 is 1. The average molecular weight is 414 g/mol. The van der Waals surface area contributed by atoms with Crippen molar-refractivity contribution in [1.29, 1.82) is 0 Å². The van der Waals surface area contributed by atoms with Gasteiger partial charge in [0.1, 0.15) is 11.5 Å². The Morgan fingerprint density at radius 1 is 1.03 bits per heavy atom. The smallest absolute Gasteiger partial charge is 0.344 e. The van der Waals surface area contributed by atoms with Crippen LogP contribution in [0.25, 0.3) is 0 Å². The third-order valence-electron chi connectivity index (χ3n) is 4.22. The molecule has 2 amide bonds. The van der Waals surface area contributed by atoms with E-state index in [1.807, 2.05) is 25.1 Å². The first-order valence-electron chi connectivity index (χ1n) is 9.47. The van der Waals surface area contributed by atoms with Crippen LogP contribution in [0, 0.1) is 0 Å². The summed E-state index contributed by atoms with van der Waals surface area (Å²) >= 11 is 0. The third-order valence-corrected chi connectivity index (χ3v) is 4.22. The molecule has 8 nitrogen and oxygen atoms in total. The number of rotatable bonds is 10. The summed E-state index contributed by atoms with van der Waals surface area (Å²) in [4.78, 5) is 37.3. The number of para-hydroxylation sites is 1. The molecule has 0 aromatic heterocycles. The topological polar surface area (TPSA) is 94.2 Å². The number of aryl methyl sites for hydroxylation is 1. The highest BCUT2D eigenvalue weighted by molar-refractivity contribution is 5.95. The second-order valence-corrected chi connectivity index (χ2v) is 6.44. The lowest BCUT2D eigenvalue weighted by Crippen LogP contribution is -2.37. The molecule has 0 heterocycles. The first kappa shape index (κ1) is 22.7. The van der Waals surface area contributed by atoms with Crippen LogP contribution in [0.1, 0.15) is 12.5 Å². The van der Waals surface area contributed by atoms with Crippen LogP contribution >= 0.6 is 0 Å². The Bertz CT molecular complexity index is 883. The van der Waals surface area contributed by atoms with E-state index in [0.717, 1.165) is 12.0 Å². The minimum Gasteiger partial charge on any atom is -0.497 e. The second-order valence-electron chi connectivity index (χ2n) is 6.44. The van der Waals surface area contributed by atoms with Gasteiger partial charge in [0.15, 0.2) is 13.2 Å². The molecule has 1 N–H and O–H groups in total. The number of nitrogens with one attached hydrogen (secondary N) is 1. The number of esters is 1. The normalized spacial score (nSPS) is 10.1. The molecular weight excluding hydrogens is 388 g/mol. The largest absolute Gasteiger partial charge is 0.497 e. The zero-order valence-electron chi connectivity index (χ0n) is 17.3. The number of hydrogen-bond donors (Lipinski definition) is 1. The Morgan fingerprint density at radius 2 is 1.80 bits per heavy atom. The number of nitrogens with zero attached hydrogens (tertiary/aromatic N) is 1. The van der Waals surface area contributed by atoms with E-state index in [9.17, 15) is 14.4 Å². The fourth-order valence-electron chi connectivity index (χ4n) is 2.57. The van der Waals surface area contributed by atoms with Gasteiger partial charge < -0.3 is 24.4 Å². The minimum atomic E-state index is -0.663. The predicted octanol–water partition coefficient (Wildman–Crippen LogP) is 2.28. The zero-order valence-corrected chi connectivity index (χ0v) is 17.3. The van der Waals surface area contributed by atoms with Crippen molar-refractivity contribution in [3.05, 3.63) is 54.1 Å². The zero-order chi connectivity index (χ0) is 21.9. The number of carbonyl (C=O) groups is 3. The number of benzene rings is 2. The molecule has 0 saturated heterocycles. The Morgan fingerprint density at radius 3 is 2.53 bits per heavy atom. The Hall–Kier alpha value is -3.55. The van der Waals surface area contributed by atoms with E-state index in [4.69, 9.17) is 14.2 Å². The third kappa shape index (κ3) is 7.12. The van der Waals surface area contributed by atoms with E-state index < -0.39 is 18.5 Å². The summed E-state index contributed by atoms with van der Waals surface area (Å²) in [5.74, 6) is -0.339. The summed E-state index contributed by atoms with van der Waals surface area (Å²) in [5.41, 5.74) is 1.53. The standard InChI is InChI=1S/C22H26N2O6/c1-4-16-8-5-6-11-19(16)29-15-22(27)30-14-21(26)24(2)13-20(25)23-17-9-7-10-18(12-17)28-3/h5-12H,4,13-15H2,1-3H3,(H,23,25). The van der Waals surface area contributed by atoms with E-state index in [1.165, 1.54) is 19.1 Å². The van der Waals surface area contributed by atoms with Crippen molar-refractivity contribution in [2.75, 3.05) is 39.2 Å². The number of anilines is 1. The molecule has 0 spiro atoms. The fourth-order valence-corrected chi connectivity index (χ4v) is 2.57. The summed E-state index contributed by atoms with van der Waals surface area (Å²) < 4.78 is 15.5. The quantitative estimate of drug-likeness (QED) is 0.600. The maximum atomic E-state index is 12.1. The Labute approximate surface area is 175 Å². The lowest BCUT2D eigenvalue weighted by atomic mass is 10.1. The van der Waals surface area contributed by atoms with Crippen molar-refractivity contribution in [3.63, 3.8) is 0 Å². The second kappa shape index (κ2) is 11.5. The summed E-state index contributed by atoms with van der Waals surface area (Å²) in [6.45, 7) is 1.03. The van der Waals surface area contributed by atoms with Crippen molar-refractivity contribution in [2.45, 2.75) is 13.3 Å². The number of ether oxygens (including phenoxy) is 3. The molecule has 0 unspecified atom stereocenters. The molecule has 2 aromatic carbocycles. The molecule has 0 radical (unpaired) electrons. The van der Waals surface area contributed by atoms with Gasteiger partial charge in [-0.3, -0.25) is 9.59 Å². The maximum Gasteiger partial charge on any atom is 0.344 e. The molecule has 0 bridgehead atoms. The highest BCUT2D eigenvalue weighted by Crippen LogP contribution is 2.18. The van der Waals surface area contributed by atoms with Gasteiger partial charge in [-0.25, -0.2) is 4.79 Å². The minimum absolute atomic E-state index is 0.187. The van der Waals surface area contributed by atoms with Crippen LogP contribution in [-0.4, -0.2) is 56.6 Å². The highest BCUT2D eigenvalue weighted by Gasteiger charge is 2.16. The summed E-state index contributed by atoms with van der Waals surface area (Å²) in [6, 6.07) is 14.3. The number of likely N-dealkylation sites (N-methyl/N-ethyl adjacent to an activating group) is 1. The molecule has 2 rings (SSSR count). The van der Waals surface area contributed by atoms with Crippen molar-refractivity contribution < 1.29 is 28.6 Å². The number of hydrogen-bond acceptors (Lipinski definition) is 6. The molecular formula is C22H26N2O6. The molecule has 0 aliphatic carbocycles. The maximum absolute atomic E-state index is 12.1. The van der Waals surface area contributed by atoms with Gasteiger partial charge >= 0.3 is 5.97 Å². The molecule has 0 atom stereocenters. The van der Waals surface area contributed by atoms with Gasteiger partial charge in [-0.05, 0) is 30.2 Å². The molecule has 8 heteroatoms. The van der Waals surface area contributed by atoms with Crippen molar-refractivity contribution >= 4 is 23.5 Å². The van der Waals surface area contributed by atoms with Gasteiger partial charge in [-0.15, -0.1) is 0 Å². The first-order chi connectivity index (χ1) is 14.4. The van der Waals surface area contributed by atoms with Crippen LogP contribution < -0.4 is 14.8 Å². The molecule has 0 saturated carbocycles. The van der Waals surface area contributed by atoms with Crippen LogP contribution in [0.4, 0.5) is 5.69 Å². The molecule has 0 fully saturated rings. The number of amides is 2. The Balaban J connectivity index is 1.74. The van der Waals surface area contributed by atoms with Gasteiger partial charge in [0.25, 0.3) is 5.91 Å². The van der Waals surface area contributed by atoms with E-state index in [2.05, 4.69) is 5.32 Å². The van der Waals surface area contributed by atoms with Crippen molar-refractivity contribution in [3.8, 4) is 11.5 Å². The van der Waals surface area contributed by atoms with Crippen molar-refractivity contribution in [2.24, 2.45) is 0 Å². The monoisotopic (exact) mass is 414 g/mol. The SMILES string of the molecule is CCc1ccccc1OCC(=O)OCC(=O)N(C)CC(=O)Nc1cccc(OC)c1. The molecule has 0 aliphatic heterocycles. The molecule has 2 aromatic rings. The van der Waals surface area contributed by atoms with Gasteiger partial charge in [-0.1, -0.05) is 31.2 Å². The lowest BCUT2D eigenvalue weighted by Gasteiger charge is -2.17. The summed E-state index contributed by atoms with van der Waals surface area (Å²) in [7, 11) is 2.98. The fraction of sp³-hybridized carbons (Fsp3) is 0.318. The Kier molecular flexibility index (Phi) is 8.68. The highest BCUT2D eigenvalue weighted by atomic mass is 16.6. The van der Waals surface area contributed by atoms with Gasteiger partial charge in [0.05, 0.1) is 13.7 Å². The lowest BCUT2D eigenvalue weighted by molar-refractivity contribution is -0.153.